The molecule has 0 aromatic heterocycles. The van der Waals surface area contributed by atoms with Crippen molar-refractivity contribution in [3.63, 3.8) is 0 Å². The van der Waals surface area contributed by atoms with Crippen LogP contribution in [0.2, 0.25) is 0 Å². The predicted molar refractivity (Wildman–Crippen MR) is 46.2 cm³/mol. The quantitative estimate of drug-likeness (QED) is 0.631. The largest absolute Gasteiger partial charge is 0.274 e. The van der Waals surface area contributed by atoms with E-state index in [1.165, 1.54) is 19.3 Å². The van der Waals surface area contributed by atoms with Gasteiger partial charge in [-0.2, -0.15) is 0 Å². The third kappa shape index (κ3) is 1.12. The van der Waals surface area contributed by atoms with Crippen LogP contribution in [0.15, 0.2) is 0 Å². The van der Waals surface area contributed by atoms with Crippen molar-refractivity contribution in [2.45, 2.75) is 45.2 Å². The van der Waals surface area contributed by atoms with Crippen molar-refractivity contribution < 1.29 is 4.79 Å². The SMILES string of the molecule is CC(C)C(=O)N1NC2CCC1C2. The molecule has 2 bridgehead atoms. The van der Waals surface area contributed by atoms with Gasteiger partial charge in [0, 0.05) is 18.0 Å². The molecule has 2 aliphatic rings. The number of rotatable bonds is 1. The van der Waals surface area contributed by atoms with E-state index in [4.69, 9.17) is 0 Å². The number of fused-ring (bicyclic) bond motifs is 2. The first-order chi connectivity index (χ1) is 5.68. The zero-order valence-electron chi connectivity index (χ0n) is 7.71. The molecule has 0 aromatic carbocycles. The fourth-order valence-electron chi connectivity index (χ4n) is 2.13. The fourth-order valence-corrected chi connectivity index (χ4v) is 2.13. The number of hydrogen-bond acceptors (Lipinski definition) is 2. The molecule has 3 heteroatoms. The maximum absolute atomic E-state index is 11.6. The Labute approximate surface area is 73.1 Å². The van der Waals surface area contributed by atoms with Gasteiger partial charge in [0.15, 0.2) is 0 Å². The third-order valence-corrected chi connectivity index (χ3v) is 2.82. The summed E-state index contributed by atoms with van der Waals surface area (Å²) in [6.07, 6.45) is 3.60. The molecular weight excluding hydrogens is 152 g/mol. The number of amides is 1. The van der Waals surface area contributed by atoms with Crippen LogP contribution in [0.5, 0.6) is 0 Å². The van der Waals surface area contributed by atoms with E-state index in [-0.39, 0.29) is 11.8 Å². The van der Waals surface area contributed by atoms with Gasteiger partial charge in [-0.25, -0.2) is 5.43 Å². The van der Waals surface area contributed by atoms with E-state index < -0.39 is 0 Å². The fraction of sp³-hybridized carbons (Fsp3) is 0.889. The monoisotopic (exact) mass is 168 g/mol. The summed E-state index contributed by atoms with van der Waals surface area (Å²) in [4.78, 5) is 11.6. The van der Waals surface area contributed by atoms with Crippen molar-refractivity contribution in [3.05, 3.63) is 0 Å². The van der Waals surface area contributed by atoms with E-state index in [9.17, 15) is 4.79 Å². The molecule has 1 saturated heterocycles. The van der Waals surface area contributed by atoms with Crippen molar-refractivity contribution in [1.82, 2.24) is 10.4 Å². The molecule has 2 fully saturated rings. The second-order valence-electron chi connectivity index (χ2n) is 4.16. The minimum atomic E-state index is 0.122. The molecule has 12 heavy (non-hydrogen) atoms. The molecule has 2 atom stereocenters. The lowest BCUT2D eigenvalue weighted by molar-refractivity contribution is -0.139. The maximum atomic E-state index is 11.6. The average molecular weight is 168 g/mol. The first-order valence-electron chi connectivity index (χ1n) is 4.77. The van der Waals surface area contributed by atoms with Gasteiger partial charge in [0.1, 0.15) is 0 Å². The van der Waals surface area contributed by atoms with Crippen molar-refractivity contribution in [3.8, 4) is 0 Å². The molecule has 2 unspecified atom stereocenters. The van der Waals surface area contributed by atoms with Crippen LogP contribution in [-0.2, 0) is 4.79 Å². The highest BCUT2D eigenvalue weighted by molar-refractivity contribution is 5.78. The van der Waals surface area contributed by atoms with E-state index in [1.807, 2.05) is 18.9 Å². The van der Waals surface area contributed by atoms with Crippen molar-refractivity contribution >= 4 is 5.91 Å². The molecule has 0 spiro atoms. The normalized spacial score (nSPS) is 33.4. The summed E-state index contributed by atoms with van der Waals surface area (Å²) in [6, 6.07) is 1.07. The second kappa shape index (κ2) is 2.73. The number of hydrogen-bond donors (Lipinski definition) is 1. The second-order valence-corrected chi connectivity index (χ2v) is 4.16. The van der Waals surface area contributed by atoms with Crippen LogP contribution in [0, 0.1) is 5.92 Å². The standard InChI is InChI=1S/C9H16N2O/c1-6(2)9(12)11-8-4-3-7(5-8)10-11/h6-8,10H,3-5H2,1-2H3. The molecule has 1 aliphatic carbocycles. The lowest BCUT2D eigenvalue weighted by Gasteiger charge is -2.28. The number of hydrazine groups is 1. The summed E-state index contributed by atoms with van der Waals surface area (Å²) in [5, 5.41) is 1.86. The summed E-state index contributed by atoms with van der Waals surface area (Å²) in [5.74, 6) is 0.374. The molecule has 1 aliphatic heterocycles. The Bertz CT molecular complexity index is 203. The minimum Gasteiger partial charge on any atom is -0.274 e. The van der Waals surface area contributed by atoms with E-state index in [2.05, 4.69) is 5.43 Å². The van der Waals surface area contributed by atoms with E-state index in [0.29, 0.717) is 12.1 Å². The lowest BCUT2D eigenvalue weighted by atomic mass is 10.1. The number of carbonyl (C=O) groups excluding carboxylic acids is 1. The van der Waals surface area contributed by atoms with E-state index in [0.717, 1.165) is 0 Å². The Kier molecular flexibility index (Phi) is 1.83. The Morgan fingerprint density at radius 1 is 1.50 bits per heavy atom. The summed E-state index contributed by atoms with van der Waals surface area (Å²) in [6.45, 7) is 3.91. The minimum absolute atomic E-state index is 0.122. The first kappa shape index (κ1) is 8.05. The van der Waals surface area contributed by atoms with Gasteiger partial charge in [0.05, 0.1) is 0 Å². The highest BCUT2D eigenvalue weighted by atomic mass is 16.2. The van der Waals surface area contributed by atoms with Crippen LogP contribution in [0.1, 0.15) is 33.1 Å². The molecule has 2 rings (SSSR count). The zero-order valence-corrected chi connectivity index (χ0v) is 7.71. The van der Waals surface area contributed by atoms with Crippen LogP contribution < -0.4 is 5.43 Å². The first-order valence-corrected chi connectivity index (χ1v) is 4.77. The van der Waals surface area contributed by atoms with Gasteiger partial charge in [-0.1, -0.05) is 13.8 Å². The van der Waals surface area contributed by atoms with Crippen LogP contribution in [0.25, 0.3) is 0 Å². The Morgan fingerprint density at radius 3 is 2.67 bits per heavy atom. The smallest absolute Gasteiger partial charge is 0.239 e. The zero-order chi connectivity index (χ0) is 8.72. The predicted octanol–water partition coefficient (Wildman–Crippen LogP) is 0.910. The van der Waals surface area contributed by atoms with Crippen molar-refractivity contribution in [2.75, 3.05) is 0 Å². The molecule has 0 radical (unpaired) electrons. The summed E-state index contributed by atoms with van der Waals surface area (Å²) in [7, 11) is 0. The number of carbonyl (C=O) groups is 1. The molecular formula is C9H16N2O. The lowest BCUT2D eigenvalue weighted by Crippen LogP contribution is -2.48. The molecule has 1 N–H and O–H groups in total. The Morgan fingerprint density at radius 2 is 2.25 bits per heavy atom. The van der Waals surface area contributed by atoms with Crippen molar-refractivity contribution in [1.29, 1.82) is 0 Å². The molecule has 0 aromatic rings. The van der Waals surface area contributed by atoms with Gasteiger partial charge >= 0.3 is 0 Å². The van der Waals surface area contributed by atoms with Gasteiger partial charge in [0.2, 0.25) is 5.91 Å². The summed E-state index contributed by atoms with van der Waals surface area (Å²) >= 11 is 0. The van der Waals surface area contributed by atoms with Crippen molar-refractivity contribution in [2.24, 2.45) is 5.92 Å². The van der Waals surface area contributed by atoms with Gasteiger partial charge in [-0.3, -0.25) is 9.80 Å². The molecule has 1 amide bonds. The average Bonchev–Trinajstić information content (AvgIpc) is 2.62. The van der Waals surface area contributed by atoms with Gasteiger partial charge < -0.3 is 0 Å². The molecule has 3 nitrogen and oxygen atoms in total. The van der Waals surface area contributed by atoms with Crippen LogP contribution in [0.3, 0.4) is 0 Å². The summed E-state index contributed by atoms with van der Waals surface area (Å²) < 4.78 is 0. The van der Waals surface area contributed by atoms with Gasteiger partial charge in [0.25, 0.3) is 0 Å². The van der Waals surface area contributed by atoms with E-state index in [1.54, 1.807) is 0 Å². The highest BCUT2D eigenvalue weighted by Gasteiger charge is 2.40. The Balaban J connectivity index is 2.02. The highest BCUT2D eigenvalue weighted by Crippen LogP contribution is 2.30. The maximum Gasteiger partial charge on any atom is 0.239 e. The molecule has 1 heterocycles. The van der Waals surface area contributed by atoms with Gasteiger partial charge in [-0.15, -0.1) is 0 Å². The van der Waals surface area contributed by atoms with Crippen LogP contribution >= 0.6 is 0 Å². The summed E-state index contributed by atoms with van der Waals surface area (Å²) in [5.41, 5.74) is 3.26. The van der Waals surface area contributed by atoms with E-state index >= 15 is 0 Å². The molecule has 1 saturated carbocycles. The number of nitrogens with zero attached hydrogens (tertiary/aromatic N) is 1. The topological polar surface area (TPSA) is 32.3 Å². The Hall–Kier alpha value is -0.570. The van der Waals surface area contributed by atoms with Crippen LogP contribution in [-0.4, -0.2) is 23.0 Å². The van der Waals surface area contributed by atoms with Crippen LogP contribution in [0.4, 0.5) is 0 Å². The molecule has 68 valence electrons. The van der Waals surface area contributed by atoms with Gasteiger partial charge in [-0.05, 0) is 19.3 Å². The third-order valence-electron chi connectivity index (χ3n) is 2.82. The number of nitrogens with one attached hydrogen (secondary N) is 1.